The highest BCUT2D eigenvalue weighted by Gasteiger charge is 2.25. The van der Waals surface area contributed by atoms with Crippen molar-refractivity contribution in [3.63, 3.8) is 0 Å². The SMILES string of the molecule is CCc1ccc(CNC(=O)C(CC)n2c3ccccc3c3cnn(C)c(=O)c32)cc1. The van der Waals surface area contributed by atoms with E-state index in [4.69, 9.17) is 0 Å². The van der Waals surface area contributed by atoms with Crippen LogP contribution in [-0.4, -0.2) is 20.3 Å². The number of aryl methyl sites for hydroxylation is 2. The van der Waals surface area contributed by atoms with Gasteiger partial charge in [-0.1, -0.05) is 56.3 Å². The van der Waals surface area contributed by atoms with E-state index in [1.54, 1.807) is 13.2 Å². The molecule has 0 saturated carbocycles. The van der Waals surface area contributed by atoms with E-state index in [-0.39, 0.29) is 11.5 Å². The van der Waals surface area contributed by atoms with E-state index in [0.717, 1.165) is 28.3 Å². The minimum absolute atomic E-state index is 0.0985. The summed E-state index contributed by atoms with van der Waals surface area (Å²) < 4.78 is 3.20. The van der Waals surface area contributed by atoms with Crippen LogP contribution in [0.4, 0.5) is 0 Å². The molecule has 2 aromatic heterocycles. The van der Waals surface area contributed by atoms with Crippen LogP contribution in [-0.2, 0) is 24.8 Å². The Bertz CT molecular complexity index is 1270. The molecule has 0 aliphatic carbocycles. The maximum absolute atomic E-state index is 13.2. The first-order valence-corrected chi connectivity index (χ1v) is 10.4. The molecule has 154 valence electrons. The van der Waals surface area contributed by atoms with Gasteiger partial charge < -0.3 is 9.88 Å². The molecule has 0 aliphatic rings. The minimum atomic E-state index is -0.489. The van der Waals surface area contributed by atoms with E-state index >= 15 is 0 Å². The summed E-state index contributed by atoms with van der Waals surface area (Å²) in [4.78, 5) is 26.1. The largest absolute Gasteiger partial charge is 0.350 e. The van der Waals surface area contributed by atoms with Crippen LogP contribution in [0.3, 0.4) is 0 Å². The Balaban J connectivity index is 1.73. The molecule has 4 aromatic rings. The summed E-state index contributed by atoms with van der Waals surface area (Å²) in [5.41, 5.74) is 3.50. The molecule has 0 radical (unpaired) electrons. The molecule has 0 saturated heterocycles. The predicted molar refractivity (Wildman–Crippen MR) is 119 cm³/mol. The average molecular weight is 402 g/mol. The van der Waals surface area contributed by atoms with Gasteiger partial charge in [-0.15, -0.1) is 0 Å². The van der Waals surface area contributed by atoms with Gasteiger partial charge in [-0.25, -0.2) is 4.68 Å². The molecule has 0 spiro atoms. The lowest BCUT2D eigenvalue weighted by atomic mass is 10.1. The van der Waals surface area contributed by atoms with Gasteiger partial charge in [0.1, 0.15) is 11.6 Å². The van der Waals surface area contributed by atoms with Crippen LogP contribution >= 0.6 is 0 Å². The Morgan fingerprint density at radius 3 is 2.43 bits per heavy atom. The lowest BCUT2D eigenvalue weighted by Crippen LogP contribution is -2.33. The van der Waals surface area contributed by atoms with Gasteiger partial charge in [0.05, 0.1) is 11.7 Å². The summed E-state index contributed by atoms with van der Waals surface area (Å²) in [6.45, 7) is 4.54. The molecule has 1 N–H and O–H groups in total. The van der Waals surface area contributed by atoms with Gasteiger partial charge in [-0.3, -0.25) is 9.59 Å². The van der Waals surface area contributed by atoms with Crippen LogP contribution in [0.1, 0.15) is 37.4 Å². The number of carbonyl (C=O) groups is 1. The maximum atomic E-state index is 13.2. The van der Waals surface area contributed by atoms with Gasteiger partial charge in [0, 0.05) is 24.4 Å². The lowest BCUT2D eigenvalue weighted by Gasteiger charge is -2.19. The molecule has 0 fully saturated rings. The van der Waals surface area contributed by atoms with Crippen LogP contribution in [0.5, 0.6) is 0 Å². The fourth-order valence-electron chi connectivity index (χ4n) is 4.00. The highest BCUT2D eigenvalue weighted by molar-refractivity contribution is 6.08. The highest BCUT2D eigenvalue weighted by atomic mass is 16.2. The number of aromatic nitrogens is 3. The van der Waals surface area contributed by atoms with E-state index in [9.17, 15) is 9.59 Å². The number of para-hydroxylation sites is 1. The maximum Gasteiger partial charge on any atom is 0.291 e. The number of carbonyl (C=O) groups excluding carboxylic acids is 1. The second-order valence-corrected chi connectivity index (χ2v) is 7.53. The molecule has 1 amide bonds. The van der Waals surface area contributed by atoms with Crippen molar-refractivity contribution in [1.29, 1.82) is 0 Å². The van der Waals surface area contributed by atoms with Gasteiger partial charge >= 0.3 is 0 Å². The van der Waals surface area contributed by atoms with Gasteiger partial charge in [0.2, 0.25) is 5.91 Å². The van der Waals surface area contributed by atoms with Crippen LogP contribution in [0.15, 0.2) is 59.5 Å². The Hall–Kier alpha value is -3.41. The fourth-order valence-corrected chi connectivity index (χ4v) is 4.00. The molecule has 6 heteroatoms. The van der Waals surface area contributed by atoms with Gasteiger partial charge in [0.15, 0.2) is 0 Å². The molecule has 30 heavy (non-hydrogen) atoms. The zero-order valence-electron chi connectivity index (χ0n) is 17.6. The molecule has 6 nitrogen and oxygen atoms in total. The van der Waals surface area contributed by atoms with E-state index in [0.29, 0.717) is 18.5 Å². The number of benzene rings is 2. The number of fused-ring (bicyclic) bond motifs is 3. The third-order valence-corrected chi connectivity index (χ3v) is 5.71. The number of hydrogen-bond acceptors (Lipinski definition) is 3. The molecule has 0 aliphatic heterocycles. The molecule has 2 heterocycles. The topological polar surface area (TPSA) is 68.9 Å². The van der Waals surface area contributed by atoms with Crippen molar-refractivity contribution in [2.75, 3.05) is 0 Å². The van der Waals surface area contributed by atoms with Crippen LogP contribution in [0.2, 0.25) is 0 Å². The lowest BCUT2D eigenvalue weighted by molar-refractivity contribution is -0.124. The van der Waals surface area contributed by atoms with Crippen molar-refractivity contribution in [1.82, 2.24) is 19.7 Å². The Labute approximate surface area is 175 Å². The third kappa shape index (κ3) is 3.38. The normalized spacial score (nSPS) is 12.4. The Morgan fingerprint density at radius 2 is 1.73 bits per heavy atom. The Kier molecular flexibility index (Phi) is 5.40. The van der Waals surface area contributed by atoms with Crippen LogP contribution in [0.25, 0.3) is 21.8 Å². The molecule has 4 rings (SSSR count). The van der Waals surface area contributed by atoms with Crippen LogP contribution in [0, 0.1) is 0 Å². The number of amides is 1. The number of nitrogens with zero attached hydrogens (tertiary/aromatic N) is 3. The van der Waals surface area contributed by atoms with E-state index in [1.165, 1.54) is 10.2 Å². The summed E-state index contributed by atoms with van der Waals surface area (Å²) in [6, 6.07) is 15.6. The van der Waals surface area contributed by atoms with Crippen molar-refractivity contribution in [2.24, 2.45) is 7.05 Å². The van der Waals surface area contributed by atoms with Gasteiger partial charge in [-0.05, 0) is 30.0 Å². The number of rotatable bonds is 6. The smallest absolute Gasteiger partial charge is 0.291 e. The summed E-state index contributed by atoms with van der Waals surface area (Å²) in [5, 5.41) is 8.94. The minimum Gasteiger partial charge on any atom is -0.350 e. The molecule has 2 aromatic carbocycles. The third-order valence-electron chi connectivity index (χ3n) is 5.71. The van der Waals surface area contributed by atoms with Gasteiger partial charge in [0.25, 0.3) is 5.56 Å². The summed E-state index contributed by atoms with van der Waals surface area (Å²) in [7, 11) is 1.63. The highest BCUT2D eigenvalue weighted by Crippen LogP contribution is 2.30. The quantitative estimate of drug-likeness (QED) is 0.534. The first-order chi connectivity index (χ1) is 14.5. The molecule has 0 bridgehead atoms. The van der Waals surface area contributed by atoms with E-state index in [2.05, 4.69) is 29.5 Å². The monoisotopic (exact) mass is 402 g/mol. The second kappa shape index (κ2) is 8.14. The zero-order chi connectivity index (χ0) is 21.3. The van der Waals surface area contributed by atoms with Crippen molar-refractivity contribution >= 4 is 27.7 Å². The molecular formula is C24H26N4O2. The number of nitrogens with one attached hydrogen (secondary N) is 1. The first kappa shape index (κ1) is 19.9. The summed E-state index contributed by atoms with van der Waals surface area (Å²) in [6.07, 6.45) is 3.26. The predicted octanol–water partition coefficient (Wildman–Crippen LogP) is 3.72. The zero-order valence-corrected chi connectivity index (χ0v) is 17.6. The van der Waals surface area contributed by atoms with E-state index in [1.807, 2.05) is 47.9 Å². The van der Waals surface area contributed by atoms with Crippen molar-refractivity contribution < 1.29 is 4.79 Å². The standard InChI is InChI=1S/C24H26N4O2/c1-4-16-10-12-17(13-11-16)14-25-23(29)20(5-2)28-21-9-7-6-8-18(21)19-15-26-27(3)24(30)22(19)28/h6-13,15,20H,4-5,14H2,1-3H3,(H,25,29). The fraction of sp³-hybridized carbons (Fsp3) is 0.292. The molecular weight excluding hydrogens is 376 g/mol. The average Bonchev–Trinajstić information content (AvgIpc) is 3.11. The van der Waals surface area contributed by atoms with Crippen LogP contribution < -0.4 is 10.9 Å². The summed E-state index contributed by atoms with van der Waals surface area (Å²) >= 11 is 0. The van der Waals surface area contributed by atoms with Crippen molar-refractivity contribution in [3.8, 4) is 0 Å². The van der Waals surface area contributed by atoms with Gasteiger partial charge in [-0.2, -0.15) is 5.10 Å². The van der Waals surface area contributed by atoms with Crippen molar-refractivity contribution in [2.45, 2.75) is 39.3 Å². The number of hydrogen-bond donors (Lipinski definition) is 1. The molecule has 1 unspecified atom stereocenters. The Morgan fingerprint density at radius 1 is 1.03 bits per heavy atom. The summed E-state index contributed by atoms with van der Waals surface area (Å²) in [5.74, 6) is -0.0985. The second-order valence-electron chi connectivity index (χ2n) is 7.53. The molecule has 1 atom stereocenters. The van der Waals surface area contributed by atoms with Crippen molar-refractivity contribution in [3.05, 3.63) is 76.2 Å². The first-order valence-electron chi connectivity index (χ1n) is 10.4. The van der Waals surface area contributed by atoms with E-state index < -0.39 is 6.04 Å².